The molecule has 1 aromatic rings. The predicted molar refractivity (Wildman–Crippen MR) is 101 cm³/mol. The van der Waals surface area contributed by atoms with E-state index in [0.29, 0.717) is 31.5 Å². The molecule has 1 saturated heterocycles. The van der Waals surface area contributed by atoms with Gasteiger partial charge in [0.2, 0.25) is 0 Å². The first-order valence-electron chi connectivity index (χ1n) is 8.68. The van der Waals surface area contributed by atoms with Crippen LogP contribution in [0.4, 0.5) is 4.79 Å². The van der Waals surface area contributed by atoms with E-state index < -0.39 is 21.8 Å². The van der Waals surface area contributed by atoms with Gasteiger partial charge in [-0.05, 0) is 44.7 Å². The minimum Gasteiger partial charge on any atom is -0.444 e. The number of benzene rings is 1. The molecular formula is C19H27NO5S. The zero-order valence-electron chi connectivity index (χ0n) is 15.6. The van der Waals surface area contributed by atoms with Gasteiger partial charge in [0.15, 0.2) is 0 Å². The van der Waals surface area contributed by atoms with Crippen molar-refractivity contribution >= 4 is 22.3 Å². The Morgan fingerprint density at radius 3 is 2.31 bits per heavy atom. The Morgan fingerprint density at radius 1 is 1.23 bits per heavy atom. The topological polar surface area (TPSA) is 72.9 Å². The molecule has 1 heterocycles. The third kappa shape index (κ3) is 6.46. The van der Waals surface area contributed by atoms with Crippen molar-refractivity contribution in [3.8, 4) is 0 Å². The third-order valence-electron chi connectivity index (χ3n) is 3.94. The van der Waals surface area contributed by atoms with E-state index in [2.05, 4.69) is 6.58 Å². The molecule has 0 atom stereocenters. The molecule has 0 spiro atoms. The van der Waals surface area contributed by atoms with Gasteiger partial charge in [0.25, 0.3) is 10.1 Å². The number of nitrogens with zero attached hydrogens (tertiary/aromatic N) is 1. The Kier molecular flexibility index (Phi) is 6.47. The molecule has 6 nitrogen and oxygen atoms in total. The van der Waals surface area contributed by atoms with E-state index in [1.165, 1.54) is 0 Å². The summed E-state index contributed by atoms with van der Waals surface area (Å²) in [5, 5.41) is 0. The Labute approximate surface area is 155 Å². The van der Waals surface area contributed by atoms with Gasteiger partial charge in [-0.1, -0.05) is 36.9 Å². The summed E-state index contributed by atoms with van der Waals surface area (Å²) in [6, 6.07) is 7.14. The van der Waals surface area contributed by atoms with E-state index in [-0.39, 0.29) is 11.8 Å². The van der Waals surface area contributed by atoms with Crippen LogP contribution in [0.3, 0.4) is 0 Å². The van der Waals surface area contributed by atoms with Crippen LogP contribution in [-0.4, -0.2) is 44.2 Å². The number of likely N-dealkylation sites (tertiary alicyclic amines) is 1. The number of carbonyl (C=O) groups is 1. The number of piperidine rings is 1. The number of hydrogen-bond acceptors (Lipinski definition) is 5. The molecule has 1 fully saturated rings. The number of ether oxygens (including phenoxy) is 1. The maximum absolute atomic E-state index is 12.3. The summed E-state index contributed by atoms with van der Waals surface area (Å²) in [6.45, 7) is 9.95. The van der Waals surface area contributed by atoms with Crippen molar-refractivity contribution in [2.75, 3.05) is 13.1 Å². The molecule has 0 unspecified atom stereocenters. The second-order valence-electron chi connectivity index (χ2n) is 7.41. The lowest BCUT2D eigenvalue weighted by Gasteiger charge is -2.33. The molecule has 0 aromatic heterocycles. The molecule has 0 saturated carbocycles. The van der Waals surface area contributed by atoms with Crippen LogP contribution >= 0.6 is 0 Å². The molecule has 1 amide bonds. The Bertz CT molecular complexity index is 726. The number of rotatable bonds is 5. The summed E-state index contributed by atoms with van der Waals surface area (Å²) in [4.78, 5) is 13.6. The van der Waals surface area contributed by atoms with Crippen molar-refractivity contribution in [2.45, 2.75) is 51.1 Å². The minimum atomic E-state index is -3.68. The summed E-state index contributed by atoms with van der Waals surface area (Å²) < 4.78 is 35.2. The van der Waals surface area contributed by atoms with Crippen LogP contribution in [0.1, 0.15) is 44.7 Å². The molecule has 7 heteroatoms. The average molecular weight is 381 g/mol. The van der Waals surface area contributed by atoms with Crippen LogP contribution in [0.25, 0.3) is 6.08 Å². The summed E-state index contributed by atoms with van der Waals surface area (Å²) >= 11 is 0. The molecule has 26 heavy (non-hydrogen) atoms. The van der Waals surface area contributed by atoms with Gasteiger partial charge in [0, 0.05) is 13.1 Å². The summed E-state index contributed by atoms with van der Waals surface area (Å²) in [6.07, 6.45) is 1.85. The number of amides is 1. The second kappa shape index (κ2) is 8.22. The summed E-state index contributed by atoms with van der Waals surface area (Å²) in [5.74, 6) is -0.170. The first-order valence-corrected chi connectivity index (χ1v) is 10.3. The van der Waals surface area contributed by atoms with Gasteiger partial charge in [-0.3, -0.25) is 4.18 Å². The van der Waals surface area contributed by atoms with Crippen molar-refractivity contribution in [3.63, 3.8) is 0 Å². The van der Waals surface area contributed by atoms with Gasteiger partial charge in [0.1, 0.15) is 11.4 Å². The Hall–Kier alpha value is -1.86. The standard InChI is InChI=1S/C19H27NO5S/c1-5-15-6-8-16(9-7-15)14-26(22,23)25-17-10-12-20(13-11-17)18(21)24-19(2,3)4/h5-9,17H,1,10-14H2,2-4H3. The lowest BCUT2D eigenvalue weighted by atomic mass is 10.1. The van der Waals surface area contributed by atoms with Crippen LogP contribution in [-0.2, 0) is 24.8 Å². The third-order valence-corrected chi connectivity index (χ3v) is 5.19. The molecule has 0 bridgehead atoms. The predicted octanol–water partition coefficient (Wildman–Crippen LogP) is 3.58. The normalized spacial score (nSPS) is 16.3. The maximum Gasteiger partial charge on any atom is 0.410 e. The van der Waals surface area contributed by atoms with E-state index in [0.717, 1.165) is 5.56 Å². The molecule has 1 aliphatic rings. The summed E-state index contributed by atoms with van der Waals surface area (Å²) in [5.41, 5.74) is 1.05. The number of carbonyl (C=O) groups excluding carboxylic acids is 1. The molecule has 0 N–H and O–H groups in total. The largest absolute Gasteiger partial charge is 0.444 e. The van der Waals surface area contributed by atoms with Gasteiger partial charge in [-0.2, -0.15) is 8.42 Å². The molecule has 1 aromatic carbocycles. The van der Waals surface area contributed by atoms with E-state index in [1.807, 2.05) is 32.9 Å². The lowest BCUT2D eigenvalue weighted by Crippen LogP contribution is -2.43. The van der Waals surface area contributed by atoms with Gasteiger partial charge in [-0.25, -0.2) is 4.79 Å². The zero-order valence-corrected chi connectivity index (χ0v) is 16.4. The van der Waals surface area contributed by atoms with Crippen molar-refractivity contribution in [2.24, 2.45) is 0 Å². The van der Waals surface area contributed by atoms with Crippen molar-refractivity contribution < 1.29 is 22.1 Å². The Morgan fingerprint density at radius 2 is 1.81 bits per heavy atom. The smallest absolute Gasteiger partial charge is 0.410 e. The minimum absolute atomic E-state index is 0.170. The van der Waals surface area contributed by atoms with Crippen molar-refractivity contribution in [1.82, 2.24) is 4.90 Å². The van der Waals surface area contributed by atoms with Crippen molar-refractivity contribution in [3.05, 3.63) is 42.0 Å². The highest BCUT2D eigenvalue weighted by Crippen LogP contribution is 2.20. The van der Waals surface area contributed by atoms with E-state index in [9.17, 15) is 13.2 Å². The molecule has 0 aliphatic carbocycles. The average Bonchev–Trinajstić information content (AvgIpc) is 2.54. The second-order valence-corrected chi connectivity index (χ2v) is 9.01. The quantitative estimate of drug-likeness (QED) is 0.729. The zero-order chi connectivity index (χ0) is 19.4. The van der Waals surface area contributed by atoms with Gasteiger partial charge >= 0.3 is 6.09 Å². The first kappa shape index (κ1) is 20.5. The number of hydrogen-bond donors (Lipinski definition) is 0. The van der Waals surface area contributed by atoms with Crippen LogP contribution in [0.2, 0.25) is 0 Å². The van der Waals surface area contributed by atoms with Crippen LogP contribution in [0.15, 0.2) is 30.8 Å². The van der Waals surface area contributed by atoms with Gasteiger partial charge in [0.05, 0.1) is 6.10 Å². The van der Waals surface area contributed by atoms with Gasteiger partial charge in [-0.15, -0.1) is 0 Å². The van der Waals surface area contributed by atoms with Crippen LogP contribution in [0.5, 0.6) is 0 Å². The molecule has 2 rings (SSSR count). The van der Waals surface area contributed by atoms with Crippen LogP contribution in [0, 0.1) is 0 Å². The first-order chi connectivity index (χ1) is 12.1. The fraction of sp³-hybridized carbons (Fsp3) is 0.526. The lowest BCUT2D eigenvalue weighted by molar-refractivity contribution is 0.0133. The monoisotopic (exact) mass is 381 g/mol. The highest BCUT2D eigenvalue weighted by atomic mass is 32.2. The highest BCUT2D eigenvalue weighted by Gasteiger charge is 2.29. The molecule has 144 valence electrons. The maximum atomic E-state index is 12.3. The van der Waals surface area contributed by atoms with Crippen molar-refractivity contribution in [1.29, 1.82) is 0 Å². The fourth-order valence-corrected chi connectivity index (χ4v) is 3.93. The molecule has 1 aliphatic heterocycles. The van der Waals surface area contributed by atoms with E-state index in [1.54, 1.807) is 23.1 Å². The highest BCUT2D eigenvalue weighted by molar-refractivity contribution is 7.85. The Balaban J connectivity index is 1.85. The fourth-order valence-electron chi connectivity index (χ4n) is 2.66. The van der Waals surface area contributed by atoms with E-state index in [4.69, 9.17) is 8.92 Å². The van der Waals surface area contributed by atoms with E-state index >= 15 is 0 Å². The molecular weight excluding hydrogens is 354 g/mol. The SMILES string of the molecule is C=Cc1ccc(CS(=O)(=O)OC2CCN(C(=O)OC(C)(C)C)CC2)cc1. The van der Waals surface area contributed by atoms with Crippen LogP contribution < -0.4 is 0 Å². The molecule has 0 radical (unpaired) electrons. The summed E-state index contributed by atoms with van der Waals surface area (Å²) in [7, 11) is -3.68. The van der Waals surface area contributed by atoms with Gasteiger partial charge < -0.3 is 9.64 Å².